The summed E-state index contributed by atoms with van der Waals surface area (Å²) in [6, 6.07) is 110. The van der Waals surface area contributed by atoms with Crippen molar-refractivity contribution in [2.75, 3.05) is 0 Å². The molecule has 0 bridgehead atoms. The van der Waals surface area contributed by atoms with Crippen molar-refractivity contribution < 1.29 is 23.1 Å². The van der Waals surface area contributed by atoms with Gasteiger partial charge in [-0.1, -0.05) is 252 Å². The van der Waals surface area contributed by atoms with Crippen LogP contribution >= 0.6 is 8.25 Å². The van der Waals surface area contributed by atoms with E-state index in [0.717, 1.165) is 89.0 Å². The van der Waals surface area contributed by atoms with Gasteiger partial charge in [-0.05, 0) is 198 Å². The summed E-state index contributed by atoms with van der Waals surface area (Å²) in [7, 11) is -3.17. The van der Waals surface area contributed by atoms with E-state index in [1.807, 2.05) is 62.4 Å². The van der Waals surface area contributed by atoms with Gasteiger partial charge in [-0.2, -0.15) is 0 Å². The van der Waals surface area contributed by atoms with Crippen molar-refractivity contribution in [3.63, 3.8) is 0 Å². The van der Waals surface area contributed by atoms with Crippen LogP contribution in [-0.4, -0.2) is 18.0 Å². The summed E-state index contributed by atoms with van der Waals surface area (Å²) in [4.78, 5) is 0. The predicted octanol–water partition coefficient (Wildman–Crippen LogP) is 20.4. The molecule has 0 saturated carbocycles. The summed E-state index contributed by atoms with van der Waals surface area (Å²) >= 11 is 0. The van der Waals surface area contributed by atoms with Gasteiger partial charge in [-0.3, -0.25) is 0 Å². The Hall–Kier alpha value is -9.42. The molecule has 2 fully saturated rings. The van der Waals surface area contributed by atoms with E-state index in [1.54, 1.807) is 0 Å². The Morgan fingerprint density at radius 3 is 0.576 bits per heavy atom. The van der Waals surface area contributed by atoms with Crippen LogP contribution in [0, 0.1) is 0 Å². The molecule has 5 nitrogen and oxygen atoms in total. The lowest BCUT2D eigenvalue weighted by Gasteiger charge is -2.40. The summed E-state index contributed by atoms with van der Waals surface area (Å²) in [5.41, 5.74) is 14.9. The highest BCUT2D eigenvalue weighted by atomic mass is 31.1. The number of ether oxygens (including phenoxy) is 2. The third-order valence-corrected chi connectivity index (χ3v) is 17.5. The van der Waals surface area contributed by atoms with E-state index in [4.69, 9.17) is 18.5 Å². The fourth-order valence-corrected chi connectivity index (χ4v) is 13.8. The van der Waals surface area contributed by atoms with Crippen LogP contribution < -0.4 is 0 Å². The molecule has 12 aromatic rings. The first-order chi connectivity index (χ1) is 41.7. The van der Waals surface area contributed by atoms with E-state index in [-0.39, 0.29) is 0 Å². The maximum atomic E-state index is 16.8. The van der Waals surface area contributed by atoms with E-state index in [0.29, 0.717) is 22.3 Å². The van der Waals surface area contributed by atoms with Crippen LogP contribution in [0.4, 0.5) is 0 Å². The highest BCUT2D eigenvalue weighted by Crippen LogP contribution is 2.63. The van der Waals surface area contributed by atoms with Crippen LogP contribution in [0.3, 0.4) is 0 Å². The van der Waals surface area contributed by atoms with E-state index in [1.165, 1.54) is 0 Å². The number of hydrogen-bond donors (Lipinski definition) is 0. The van der Waals surface area contributed by atoms with E-state index >= 15 is 4.57 Å². The molecule has 2 aliphatic heterocycles. The third kappa shape index (κ3) is 10.4. The highest BCUT2D eigenvalue weighted by Gasteiger charge is 2.71. The summed E-state index contributed by atoms with van der Waals surface area (Å²) in [6.07, 6.45) is -2.18. The first kappa shape index (κ1) is 53.6. The van der Waals surface area contributed by atoms with Crippen molar-refractivity contribution in [2.45, 2.75) is 43.0 Å². The Morgan fingerprint density at radius 2 is 0.412 bits per heavy atom. The third-order valence-electron chi connectivity index (χ3n) is 16.6. The molecule has 0 aromatic heterocycles. The molecular weight excluding hydrogens is 1060 g/mol. The van der Waals surface area contributed by atoms with Crippen molar-refractivity contribution in [2.24, 2.45) is 0 Å². The van der Waals surface area contributed by atoms with E-state index < -0.39 is 37.5 Å². The Labute approximate surface area is 498 Å². The second kappa shape index (κ2) is 22.6. The highest BCUT2D eigenvalue weighted by molar-refractivity contribution is 7.33. The van der Waals surface area contributed by atoms with Gasteiger partial charge >= 0.3 is 8.25 Å². The summed E-state index contributed by atoms with van der Waals surface area (Å²) < 4.78 is 48.0. The van der Waals surface area contributed by atoms with Gasteiger partial charge in [0.05, 0.1) is 0 Å². The summed E-state index contributed by atoms with van der Waals surface area (Å²) in [6.45, 7) is 3.93. The van der Waals surface area contributed by atoms with Crippen molar-refractivity contribution in [1.29, 1.82) is 0 Å². The minimum Gasteiger partial charge on any atom is -0.340 e. The van der Waals surface area contributed by atoms with E-state index in [2.05, 4.69) is 267 Å². The number of hydrogen-bond acceptors (Lipinski definition) is 5. The lowest BCUT2D eigenvalue weighted by molar-refractivity contribution is -0.174. The average Bonchev–Trinajstić information content (AvgIpc) is 1.92. The first-order valence-electron chi connectivity index (χ1n) is 29.0. The minimum absolute atomic E-state index is 0.710. The Morgan fingerprint density at radius 1 is 0.247 bits per heavy atom. The molecule has 0 spiro atoms. The summed E-state index contributed by atoms with van der Waals surface area (Å²) in [5.74, 6) is -1.28. The lowest BCUT2D eigenvalue weighted by atomic mass is 9.70. The smallest absolute Gasteiger partial charge is 0.340 e. The zero-order valence-electron chi connectivity index (χ0n) is 47.2. The second-order valence-corrected chi connectivity index (χ2v) is 23.3. The molecule has 2 atom stereocenters. The molecule has 0 N–H and O–H groups in total. The lowest BCUT2D eigenvalue weighted by Crippen LogP contribution is -2.53. The molecule has 12 aromatic carbocycles. The largest absolute Gasteiger partial charge is 0.700 e. The average molecular weight is 1120 g/mol. The van der Waals surface area contributed by atoms with Crippen LogP contribution in [0.2, 0.25) is 0 Å². The van der Waals surface area contributed by atoms with Gasteiger partial charge in [0.2, 0.25) is 11.2 Å². The van der Waals surface area contributed by atoms with Gasteiger partial charge in [0, 0.05) is 4.57 Å². The fourth-order valence-electron chi connectivity index (χ4n) is 12.7. The molecule has 14 rings (SSSR count). The molecule has 0 aliphatic carbocycles. The monoisotopic (exact) mass is 1120 g/mol. The standard InChI is InChI=1S/C79H60O5P/c1-77(2)81-75-76(82-77)79(73-51-67(59-35-19-7-20-36-59)45-68(52-73)60-37-21-8-22-38-60,74-53-69(61-39-23-9-24-40-61)46-70(54-74)62-41-25-10-26-42-62)84-85(80)83-78(75,71-47-63(55-27-11-3-12-28-55)43-64(48-71)56-29-13-4-14-30-56)72-49-65(57-31-15-5-16-32-57)44-66(50-72)58-33-17-6-18-34-58/h3-54,75-76H,1-2H3/q+1. The molecule has 0 radical (unpaired) electrons. The maximum absolute atomic E-state index is 16.8. The van der Waals surface area contributed by atoms with Crippen LogP contribution in [0.1, 0.15) is 36.1 Å². The maximum Gasteiger partial charge on any atom is 0.700 e. The SMILES string of the molecule is CC1(C)OC2C(O1)C(c1cc(-c3ccccc3)cc(-c3ccccc3)c1)(c1cc(-c3ccccc3)cc(-c3ccccc3)c1)O[P+](=O)OC2(c1cc(-c2ccccc2)cc(-c2ccccc2)c1)c1cc(-c2ccccc2)cc(-c2ccccc2)c1. The Bertz CT molecular complexity index is 3570. The normalized spacial score (nSPS) is 17.1. The van der Waals surface area contributed by atoms with Gasteiger partial charge in [0.15, 0.2) is 5.79 Å². The first-order valence-corrected chi connectivity index (χ1v) is 30.1. The van der Waals surface area contributed by atoms with Crippen molar-refractivity contribution in [3.05, 3.63) is 338 Å². The van der Waals surface area contributed by atoms with Crippen molar-refractivity contribution in [3.8, 4) is 89.0 Å². The molecule has 85 heavy (non-hydrogen) atoms. The topological polar surface area (TPSA) is 54.0 Å². The summed E-state index contributed by atoms with van der Waals surface area (Å²) in [5, 5.41) is 0. The van der Waals surface area contributed by atoms with E-state index in [9.17, 15) is 0 Å². The van der Waals surface area contributed by atoms with Crippen LogP contribution in [-0.2, 0) is 34.3 Å². The Balaban J connectivity index is 1.14. The number of rotatable bonds is 12. The molecule has 2 unspecified atom stereocenters. The Kier molecular flexibility index (Phi) is 14.3. The molecular formula is C79H60O5P+. The van der Waals surface area contributed by atoms with Gasteiger partial charge in [-0.15, -0.1) is 0 Å². The molecule has 2 aliphatic rings. The molecule has 0 amide bonds. The van der Waals surface area contributed by atoms with Gasteiger partial charge in [0.25, 0.3) is 0 Å². The fraction of sp³-hybridized carbons (Fsp3) is 0.0886. The quantitative estimate of drug-likeness (QED) is 0.114. The molecule has 6 heteroatoms. The zero-order valence-corrected chi connectivity index (χ0v) is 48.1. The van der Waals surface area contributed by atoms with Crippen LogP contribution in [0.15, 0.2) is 315 Å². The molecule has 410 valence electrons. The van der Waals surface area contributed by atoms with Crippen LogP contribution in [0.5, 0.6) is 0 Å². The zero-order chi connectivity index (χ0) is 57.4. The van der Waals surface area contributed by atoms with Crippen LogP contribution in [0.25, 0.3) is 89.0 Å². The minimum atomic E-state index is -3.17. The number of benzene rings is 12. The van der Waals surface area contributed by atoms with Crippen molar-refractivity contribution in [1.82, 2.24) is 0 Å². The number of fused-ring (bicyclic) bond motifs is 1. The molecule has 2 saturated heterocycles. The molecule has 2 heterocycles. The van der Waals surface area contributed by atoms with Crippen molar-refractivity contribution >= 4 is 8.25 Å². The second-order valence-electron chi connectivity index (χ2n) is 22.5. The van der Waals surface area contributed by atoms with Gasteiger partial charge < -0.3 is 9.47 Å². The van der Waals surface area contributed by atoms with Gasteiger partial charge in [0.1, 0.15) is 12.2 Å². The van der Waals surface area contributed by atoms with Gasteiger partial charge in [-0.25, -0.2) is 0 Å². The predicted molar refractivity (Wildman–Crippen MR) is 344 cm³/mol.